The van der Waals surface area contributed by atoms with Gasteiger partial charge in [0.1, 0.15) is 0 Å². The van der Waals surface area contributed by atoms with Gasteiger partial charge < -0.3 is 4.90 Å². The fraction of sp³-hybridized carbons (Fsp3) is 0.556. The lowest BCUT2D eigenvalue weighted by atomic mass is 9.99. The molecule has 0 radical (unpaired) electrons. The maximum atomic E-state index is 9.55. The first-order valence-corrected chi connectivity index (χ1v) is 11.9. The summed E-state index contributed by atoms with van der Waals surface area (Å²) in [5.74, 6) is 0.466. The summed E-state index contributed by atoms with van der Waals surface area (Å²) in [6.45, 7) is 21.5. The third kappa shape index (κ3) is 9.21. The zero-order valence-electron chi connectivity index (χ0n) is 21.3. The van der Waals surface area contributed by atoms with Crippen LogP contribution >= 0.6 is 0 Å². The molecule has 0 bridgehead atoms. The molecule has 1 saturated heterocycles. The lowest BCUT2D eigenvalue weighted by Crippen LogP contribution is -2.31. The molecule has 1 aromatic carbocycles. The largest absolute Gasteiger partial charge is 0.363 e. The minimum atomic E-state index is 0.353. The monoisotopic (exact) mass is 416 g/mol. The van der Waals surface area contributed by atoms with Gasteiger partial charge in [-0.2, -0.15) is 0 Å². The van der Waals surface area contributed by atoms with Crippen LogP contribution in [0.3, 0.4) is 0 Å². The minimum Gasteiger partial charge on any atom is -0.363 e. The molecule has 2 rings (SSSR count). The van der Waals surface area contributed by atoms with Gasteiger partial charge in [0, 0.05) is 6.54 Å². The van der Waals surface area contributed by atoms with Crippen LogP contribution in [0, 0.1) is 0 Å². The van der Waals surface area contributed by atoms with Crippen LogP contribution < -0.4 is 10.4 Å². The van der Waals surface area contributed by atoms with Crippen molar-refractivity contribution < 1.29 is 5.21 Å². The summed E-state index contributed by atoms with van der Waals surface area (Å²) in [5.41, 5.74) is 6.86. The topological polar surface area (TPSA) is 35.5 Å². The molecule has 1 heterocycles. The van der Waals surface area contributed by atoms with Crippen LogP contribution in [0.15, 0.2) is 54.2 Å². The molecule has 1 aliphatic heterocycles. The Morgan fingerprint density at radius 2 is 1.70 bits per heavy atom. The lowest BCUT2D eigenvalue weighted by molar-refractivity contribution is 0.389. The SMILES string of the molecule is CC.CC.CC.C\C=C/C=C\C(=C/C)C1CCCN1c1cc(C(C)C)ccc1NO. The van der Waals surface area contributed by atoms with Crippen LogP contribution in [0.5, 0.6) is 0 Å². The fourth-order valence-corrected chi connectivity index (χ4v) is 3.32. The second-order valence-corrected chi connectivity index (χ2v) is 6.57. The van der Waals surface area contributed by atoms with Gasteiger partial charge in [-0.15, -0.1) is 0 Å². The fourth-order valence-electron chi connectivity index (χ4n) is 3.32. The van der Waals surface area contributed by atoms with Gasteiger partial charge in [-0.3, -0.25) is 10.7 Å². The average Bonchev–Trinajstić information content (AvgIpc) is 3.29. The Balaban J connectivity index is 0. The molecule has 1 unspecified atom stereocenters. The number of allylic oxidation sites excluding steroid dienone is 4. The van der Waals surface area contributed by atoms with E-state index in [1.165, 1.54) is 11.1 Å². The molecule has 0 aliphatic carbocycles. The first-order chi connectivity index (χ1) is 14.6. The molecule has 1 aromatic rings. The van der Waals surface area contributed by atoms with Gasteiger partial charge in [0.15, 0.2) is 0 Å². The normalized spacial score (nSPS) is 15.9. The molecule has 30 heavy (non-hydrogen) atoms. The van der Waals surface area contributed by atoms with Gasteiger partial charge in [-0.1, -0.05) is 91.8 Å². The summed E-state index contributed by atoms with van der Waals surface area (Å²) >= 11 is 0. The van der Waals surface area contributed by atoms with Crippen LogP contribution in [0.4, 0.5) is 11.4 Å². The van der Waals surface area contributed by atoms with E-state index in [9.17, 15) is 5.21 Å². The Hall–Kier alpha value is -2.00. The molecule has 1 atom stereocenters. The summed E-state index contributed by atoms with van der Waals surface area (Å²) in [4.78, 5) is 2.42. The van der Waals surface area contributed by atoms with Crippen molar-refractivity contribution in [3.63, 3.8) is 0 Å². The molecule has 3 nitrogen and oxygen atoms in total. The van der Waals surface area contributed by atoms with Crippen molar-refractivity contribution in [1.82, 2.24) is 0 Å². The molecule has 0 saturated carbocycles. The molecule has 1 aliphatic rings. The molecular formula is C27H48N2O. The van der Waals surface area contributed by atoms with E-state index in [0.29, 0.717) is 12.0 Å². The van der Waals surface area contributed by atoms with Gasteiger partial charge in [0.25, 0.3) is 0 Å². The van der Waals surface area contributed by atoms with Crippen molar-refractivity contribution in [1.29, 1.82) is 0 Å². The Bertz CT molecular complexity index is 630. The van der Waals surface area contributed by atoms with Crippen LogP contribution in [0.1, 0.15) is 93.6 Å². The van der Waals surface area contributed by atoms with Crippen molar-refractivity contribution in [2.24, 2.45) is 0 Å². The number of benzene rings is 1. The zero-order valence-corrected chi connectivity index (χ0v) is 21.3. The highest BCUT2D eigenvalue weighted by molar-refractivity contribution is 5.72. The number of hydrogen-bond acceptors (Lipinski definition) is 3. The third-order valence-corrected chi connectivity index (χ3v) is 4.68. The van der Waals surface area contributed by atoms with Gasteiger partial charge in [-0.05, 0) is 55.9 Å². The molecule has 0 spiro atoms. The van der Waals surface area contributed by atoms with Crippen molar-refractivity contribution in [3.05, 3.63) is 59.7 Å². The third-order valence-electron chi connectivity index (χ3n) is 4.68. The maximum Gasteiger partial charge on any atom is 0.0835 e. The smallest absolute Gasteiger partial charge is 0.0835 e. The number of nitrogens with one attached hydrogen (secondary N) is 1. The first kappa shape index (κ1) is 30.2. The van der Waals surface area contributed by atoms with Crippen LogP contribution in [-0.2, 0) is 0 Å². The Kier molecular flexibility index (Phi) is 19.1. The number of rotatable bonds is 6. The van der Waals surface area contributed by atoms with Gasteiger partial charge in [0.2, 0.25) is 0 Å². The van der Waals surface area contributed by atoms with Crippen molar-refractivity contribution in [2.75, 3.05) is 16.9 Å². The van der Waals surface area contributed by atoms with E-state index in [4.69, 9.17) is 0 Å². The van der Waals surface area contributed by atoms with Crippen LogP contribution in [0.2, 0.25) is 0 Å². The molecule has 172 valence electrons. The summed E-state index contributed by atoms with van der Waals surface area (Å²) in [6.07, 6.45) is 12.9. The van der Waals surface area contributed by atoms with Crippen LogP contribution in [0.25, 0.3) is 0 Å². The zero-order chi connectivity index (χ0) is 23.5. The molecule has 0 amide bonds. The highest BCUT2D eigenvalue weighted by Gasteiger charge is 2.28. The lowest BCUT2D eigenvalue weighted by Gasteiger charge is -2.30. The summed E-state index contributed by atoms with van der Waals surface area (Å²) < 4.78 is 0. The summed E-state index contributed by atoms with van der Waals surface area (Å²) in [6, 6.07) is 6.63. The number of hydrogen-bond donors (Lipinski definition) is 2. The summed E-state index contributed by atoms with van der Waals surface area (Å²) in [7, 11) is 0. The van der Waals surface area contributed by atoms with E-state index in [-0.39, 0.29) is 0 Å². The molecule has 3 heteroatoms. The molecular weight excluding hydrogens is 368 g/mol. The minimum absolute atomic E-state index is 0.353. The highest BCUT2D eigenvalue weighted by atomic mass is 16.5. The van der Waals surface area contributed by atoms with E-state index in [1.807, 2.05) is 60.6 Å². The van der Waals surface area contributed by atoms with Crippen molar-refractivity contribution in [2.45, 2.75) is 94.0 Å². The molecule has 2 N–H and O–H groups in total. The molecule has 0 aromatic heterocycles. The Morgan fingerprint density at radius 1 is 1.07 bits per heavy atom. The second-order valence-electron chi connectivity index (χ2n) is 6.57. The quantitative estimate of drug-likeness (QED) is 0.359. The van der Waals surface area contributed by atoms with Gasteiger partial charge in [0.05, 0.1) is 17.4 Å². The Labute approximate surface area is 187 Å². The first-order valence-electron chi connectivity index (χ1n) is 11.9. The summed E-state index contributed by atoms with van der Waals surface area (Å²) in [5, 5.41) is 9.55. The van der Waals surface area contributed by atoms with E-state index < -0.39 is 0 Å². The average molecular weight is 417 g/mol. The van der Waals surface area contributed by atoms with Crippen molar-refractivity contribution >= 4 is 11.4 Å². The number of anilines is 2. The number of nitrogens with zero attached hydrogens (tertiary/aromatic N) is 1. The highest BCUT2D eigenvalue weighted by Crippen LogP contribution is 2.36. The maximum absolute atomic E-state index is 9.55. The van der Waals surface area contributed by atoms with E-state index >= 15 is 0 Å². The predicted octanol–water partition coefficient (Wildman–Crippen LogP) is 8.74. The van der Waals surface area contributed by atoms with Gasteiger partial charge in [-0.25, -0.2) is 0 Å². The van der Waals surface area contributed by atoms with Crippen molar-refractivity contribution in [3.8, 4) is 0 Å². The van der Waals surface area contributed by atoms with Crippen LogP contribution in [-0.4, -0.2) is 17.8 Å². The van der Waals surface area contributed by atoms with Gasteiger partial charge >= 0.3 is 0 Å². The van der Waals surface area contributed by atoms with E-state index in [0.717, 1.165) is 30.8 Å². The van der Waals surface area contributed by atoms with E-state index in [2.05, 4.69) is 67.6 Å². The standard InChI is InChI=1S/C21H30N2O.3C2H6/c1-5-7-8-10-17(6-2)20-11-9-14-23(20)21-15-18(16(3)4)12-13-19(21)22-24;3*1-2/h5-8,10,12-13,15-16,20,22,24H,9,11,14H2,1-4H3;3*1-2H3/b7-5-,10-8-,17-6+;;;. The van der Waals surface area contributed by atoms with E-state index in [1.54, 1.807) is 0 Å². The second kappa shape index (κ2) is 19.0. The molecule has 1 fully saturated rings. The predicted molar refractivity (Wildman–Crippen MR) is 138 cm³/mol. The Morgan fingerprint density at radius 3 is 2.20 bits per heavy atom.